The Balaban J connectivity index is 2.22. The molecule has 0 spiro atoms. The molecule has 0 atom stereocenters. The number of carbonyl (C=O) groups is 2. The summed E-state index contributed by atoms with van der Waals surface area (Å²) in [4.78, 5) is 30.7. The topological polar surface area (TPSA) is 116 Å². The zero-order chi connectivity index (χ0) is 15.4. The summed E-state index contributed by atoms with van der Waals surface area (Å²) in [5.74, 6) is -1.53. The number of pyridine rings is 2. The van der Waals surface area contributed by atoms with E-state index in [9.17, 15) is 9.59 Å². The van der Waals surface area contributed by atoms with Crippen LogP contribution in [0.25, 0.3) is 0 Å². The number of aryl methyl sites for hydroxylation is 1. The van der Waals surface area contributed by atoms with E-state index in [1.165, 1.54) is 30.5 Å². The molecule has 0 aromatic carbocycles. The molecule has 1 amide bonds. The lowest BCUT2D eigenvalue weighted by Crippen LogP contribution is -2.15. The highest BCUT2D eigenvalue weighted by molar-refractivity contribution is 6.02. The van der Waals surface area contributed by atoms with Gasteiger partial charge in [0, 0.05) is 6.20 Å². The van der Waals surface area contributed by atoms with E-state index in [0.717, 1.165) is 0 Å². The van der Waals surface area contributed by atoms with Crippen LogP contribution in [-0.2, 0) is 0 Å². The number of nitrogens with zero attached hydrogens (tertiary/aromatic N) is 3. The number of hydrogen-bond acceptors (Lipinski definition) is 5. The third-order valence-electron chi connectivity index (χ3n) is 2.69. The van der Waals surface area contributed by atoms with Crippen molar-refractivity contribution in [1.29, 1.82) is 5.26 Å². The third-order valence-corrected chi connectivity index (χ3v) is 2.69. The van der Waals surface area contributed by atoms with Crippen LogP contribution in [0.2, 0.25) is 0 Å². The molecule has 0 saturated carbocycles. The van der Waals surface area contributed by atoms with Crippen molar-refractivity contribution in [2.75, 3.05) is 5.32 Å². The Morgan fingerprint density at radius 1 is 1.33 bits per heavy atom. The van der Waals surface area contributed by atoms with E-state index < -0.39 is 11.9 Å². The summed E-state index contributed by atoms with van der Waals surface area (Å²) >= 11 is 0. The van der Waals surface area contributed by atoms with E-state index >= 15 is 0 Å². The van der Waals surface area contributed by atoms with E-state index in [1.807, 2.05) is 6.07 Å². The molecule has 0 radical (unpaired) electrons. The van der Waals surface area contributed by atoms with E-state index in [4.69, 9.17) is 10.4 Å². The first-order valence-electron chi connectivity index (χ1n) is 5.89. The molecule has 7 nitrogen and oxygen atoms in total. The molecule has 7 heteroatoms. The number of hydrogen-bond donors (Lipinski definition) is 2. The first-order chi connectivity index (χ1) is 10.0. The fourth-order valence-corrected chi connectivity index (χ4v) is 1.62. The number of anilines is 1. The van der Waals surface area contributed by atoms with Gasteiger partial charge in [-0.3, -0.25) is 4.79 Å². The molecule has 0 aliphatic carbocycles. The number of aromatic nitrogens is 2. The van der Waals surface area contributed by atoms with Crippen LogP contribution in [0.5, 0.6) is 0 Å². The van der Waals surface area contributed by atoms with Crippen molar-refractivity contribution in [3.8, 4) is 6.07 Å². The monoisotopic (exact) mass is 282 g/mol. The highest BCUT2D eigenvalue weighted by atomic mass is 16.4. The summed E-state index contributed by atoms with van der Waals surface area (Å²) in [5, 5.41) is 20.1. The number of carbonyl (C=O) groups excluding carboxylic acids is 1. The van der Waals surface area contributed by atoms with Crippen molar-refractivity contribution in [3.05, 3.63) is 53.0 Å². The molecule has 2 aromatic rings. The van der Waals surface area contributed by atoms with Gasteiger partial charge in [0.15, 0.2) is 0 Å². The lowest BCUT2D eigenvalue weighted by molar-refractivity contribution is 0.0696. The number of aromatic carboxylic acids is 1. The largest absolute Gasteiger partial charge is 0.478 e. The highest BCUT2D eigenvalue weighted by Gasteiger charge is 2.11. The molecule has 0 fully saturated rings. The van der Waals surface area contributed by atoms with Gasteiger partial charge in [-0.2, -0.15) is 5.26 Å². The lowest BCUT2D eigenvalue weighted by Gasteiger charge is -2.05. The van der Waals surface area contributed by atoms with Crippen LogP contribution < -0.4 is 5.32 Å². The molecule has 21 heavy (non-hydrogen) atoms. The van der Waals surface area contributed by atoms with E-state index in [-0.39, 0.29) is 17.1 Å². The smallest absolute Gasteiger partial charge is 0.335 e. The molecular formula is C14H10N4O3. The first-order valence-corrected chi connectivity index (χ1v) is 5.89. The van der Waals surface area contributed by atoms with Crippen molar-refractivity contribution in [2.24, 2.45) is 0 Å². The third kappa shape index (κ3) is 3.19. The standard InChI is InChI=1S/C14H10N4O3/c1-8-10(7-15)2-3-11(17-8)13(19)18-12-6-9(14(20)21)4-5-16-12/h2-6H,1H3,(H,20,21)(H,16,18,19). The van der Waals surface area contributed by atoms with Gasteiger partial charge in [-0.15, -0.1) is 0 Å². The minimum atomic E-state index is -1.11. The van der Waals surface area contributed by atoms with Crippen molar-refractivity contribution >= 4 is 17.7 Å². The molecule has 0 saturated heterocycles. The first kappa shape index (κ1) is 14.1. The number of nitrogens with one attached hydrogen (secondary N) is 1. The molecule has 104 valence electrons. The van der Waals surface area contributed by atoms with Crippen LogP contribution in [-0.4, -0.2) is 27.0 Å². The second-order valence-electron chi connectivity index (χ2n) is 4.13. The van der Waals surface area contributed by atoms with Crippen LogP contribution in [0.4, 0.5) is 5.82 Å². The lowest BCUT2D eigenvalue weighted by atomic mass is 10.2. The summed E-state index contributed by atoms with van der Waals surface area (Å²) in [6.45, 7) is 1.62. The fraction of sp³-hybridized carbons (Fsp3) is 0.0714. The van der Waals surface area contributed by atoms with Crippen LogP contribution in [0.1, 0.15) is 32.1 Å². The van der Waals surface area contributed by atoms with Crippen LogP contribution >= 0.6 is 0 Å². The van der Waals surface area contributed by atoms with Gasteiger partial charge >= 0.3 is 5.97 Å². The Labute approximate surface area is 119 Å². The minimum Gasteiger partial charge on any atom is -0.478 e. The zero-order valence-corrected chi connectivity index (χ0v) is 11.0. The van der Waals surface area contributed by atoms with E-state index in [2.05, 4.69) is 15.3 Å². The van der Waals surface area contributed by atoms with Gasteiger partial charge in [0.1, 0.15) is 17.6 Å². The van der Waals surface area contributed by atoms with Gasteiger partial charge in [-0.05, 0) is 31.2 Å². The molecule has 0 aliphatic rings. The summed E-state index contributed by atoms with van der Waals surface area (Å²) in [6, 6.07) is 7.44. The maximum absolute atomic E-state index is 12.0. The average Bonchev–Trinajstić information content (AvgIpc) is 2.47. The Hall–Kier alpha value is -3.27. The van der Waals surface area contributed by atoms with Gasteiger partial charge in [-0.25, -0.2) is 14.8 Å². The number of carboxylic acid groups (broad SMARTS) is 1. The summed E-state index contributed by atoms with van der Waals surface area (Å²) in [6.07, 6.45) is 1.29. The van der Waals surface area contributed by atoms with Crippen LogP contribution in [0, 0.1) is 18.3 Å². The van der Waals surface area contributed by atoms with Crippen molar-refractivity contribution < 1.29 is 14.7 Å². The van der Waals surface area contributed by atoms with Gasteiger partial charge in [-0.1, -0.05) is 0 Å². The maximum Gasteiger partial charge on any atom is 0.335 e. The number of rotatable bonds is 3. The molecular weight excluding hydrogens is 272 g/mol. The predicted molar refractivity (Wildman–Crippen MR) is 72.8 cm³/mol. The summed E-state index contributed by atoms with van der Waals surface area (Å²) in [7, 11) is 0. The van der Waals surface area contributed by atoms with E-state index in [0.29, 0.717) is 11.3 Å². The molecule has 2 rings (SSSR count). The van der Waals surface area contributed by atoms with Crippen molar-refractivity contribution in [3.63, 3.8) is 0 Å². The SMILES string of the molecule is Cc1nc(C(=O)Nc2cc(C(=O)O)ccn2)ccc1C#N. The number of nitriles is 1. The second-order valence-corrected chi connectivity index (χ2v) is 4.13. The predicted octanol–water partition coefficient (Wildman–Crippen LogP) is 1.61. The second kappa shape index (κ2) is 5.79. The zero-order valence-electron chi connectivity index (χ0n) is 11.0. The average molecular weight is 282 g/mol. The fourth-order valence-electron chi connectivity index (χ4n) is 1.62. The Bertz CT molecular complexity index is 765. The Kier molecular flexibility index (Phi) is 3.90. The number of amides is 1. The normalized spacial score (nSPS) is 9.71. The quantitative estimate of drug-likeness (QED) is 0.883. The molecule has 2 aromatic heterocycles. The van der Waals surface area contributed by atoms with Crippen LogP contribution in [0.3, 0.4) is 0 Å². The maximum atomic E-state index is 12.0. The van der Waals surface area contributed by atoms with Gasteiger partial charge in [0.2, 0.25) is 0 Å². The molecule has 0 unspecified atom stereocenters. The molecule has 0 aliphatic heterocycles. The number of carboxylic acids is 1. The minimum absolute atomic E-state index is 0.0178. The summed E-state index contributed by atoms with van der Waals surface area (Å²) < 4.78 is 0. The van der Waals surface area contributed by atoms with Crippen molar-refractivity contribution in [2.45, 2.75) is 6.92 Å². The molecule has 2 heterocycles. The Morgan fingerprint density at radius 3 is 2.71 bits per heavy atom. The van der Waals surface area contributed by atoms with E-state index in [1.54, 1.807) is 6.92 Å². The van der Waals surface area contributed by atoms with Crippen LogP contribution in [0.15, 0.2) is 30.5 Å². The summed E-state index contributed by atoms with van der Waals surface area (Å²) in [5.41, 5.74) is 0.966. The van der Waals surface area contributed by atoms with Gasteiger partial charge < -0.3 is 10.4 Å². The molecule has 2 N–H and O–H groups in total. The molecule has 0 bridgehead atoms. The van der Waals surface area contributed by atoms with Gasteiger partial charge in [0.25, 0.3) is 5.91 Å². The highest BCUT2D eigenvalue weighted by Crippen LogP contribution is 2.10. The Morgan fingerprint density at radius 2 is 2.10 bits per heavy atom. The van der Waals surface area contributed by atoms with Crippen molar-refractivity contribution in [1.82, 2.24) is 9.97 Å². The van der Waals surface area contributed by atoms with Gasteiger partial charge in [0.05, 0.1) is 16.8 Å².